The Morgan fingerprint density at radius 1 is 1.14 bits per heavy atom. The monoisotopic (exact) mass is 215 g/mol. The third-order valence-corrected chi connectivity index (χ3v) is 3.81. The van der Waals surface area contributed by atoms with Crippen molar-refractivity contribution >= 4 is 12.6 Å². The lowest BCUT2D eigenvalue weighted by Gasteiger charge is -2.36. The summed E-state index contributed by atoms with van der Waals surface area (Å²) in [4.78, 5) is 2.62. The molecule has 84 valence electrons. The number of rotatable bonds is 3. The Morgan fingerprint density at radius 3 is 2.14 bits per heavy atom. The van der Waals surface area contributed by atoms with Gasteiger partial charge in [0.2, 0.25) is 0 Å². The predicted octanol–water partition coefficient (Wildman–Crippen LogP) is 3.06. The molecule has 1 aliphatic rings. The molecule has 0 amide bonds. The molecule has 2 heteroatoms. The van der Waals surface area contributed by atoms with Gasteiger partial charge in [0.05, 0.1) is 0 Å². The van der Waals surface area contributed by atoms with Crippen molar-refractivity contribution in [2.24, 2.45) is 11.3 Å². The van der Waals surface area contributed by atoms with Crippen LogP contribution in [0.2, 0.25) is 0 Å². The van der Waals surface area contributed by atoms with E-state index in [1.54, 1.807) is 0 Å². The second kappa shape index (κ2) is 5.41. The lowest BCUT2D eigenvalue weighted by atomic mass is 9.81. The Labute approximate surface area is 94.7 Å². The van der Waals surface area contributed by atoms with E-state index in [0.717, 1.165) is 11.7 Å². The molecule has 1 unspecified atom stereocenters. The minimum absolute atomic E-state index is 0.402. The molecule has 0 N–H and O–H groups in total. The van der Waals surface area contributed by atoms with Gasteiger partial charge in [-0.05, 0) is 43.0 Å². The van der Waals surface area contributed by atoms with Crippen LogP contribution in [0, 0.1) is 11.3 Å². The summed E-state index contributed by atoms with van der Waals surface area (Å²) < 4.78 is 0. The lowest BCUT2D eigenvalue weighted by Crippen LogP contribution is -2.39. The second-order valence-corrected chi connectivity index (χ2v) is 5.97. The zero-order valence-corrected chi connectivity index (χ0v) is 10.8. The fourth-order valence-corrected chi connectivity index (χ4v) is 2.72. The van der Waals surface area contributed by atoms with E-state index in [9.17, 15) is 0 Å². The number of likely N-dealkylation sites (tertiary alicyclic amines) is 1. The highest BCUT2D eigenvalue weighted by Gasteiger charge is 2.25. The highest BCUT2D eigenvalue weighted by Crippen LogP contribution is 2.28. The summed E-state index contributed by atoms with van der Waals surface area (Å²) in [7, 11) is 0. The van der Waals surface area contributed by atoms with Crippen LogP contribution >= 0.6 is 12.6 Å². The van der Waals surface area contributed by atoms with Crippen molar-refractivity contribution in [1.29, 1.82) is 0 Å². The largest absolute Gasteiger partial charge is 0.303 e. The number of piperidine rings is 1. The first-order valence-electron chi connectivity index (χ1n) is 5.87. The van der Waals surface area contributed by atoms with E-state index >= 15 is 0 Å². The Kier molecular flexibility index (Phi) is 4.78. The Balaban J connectivity index is 2.39. The summed E-state index contributed by atoms with van der Waals surface area (Å²) in [5.41, 5.74) is 0.402. The van der Waals surface area contributed by atoms with E-state index in [4.69, 9.17) is 0 Å². The maximum Gasteiger partial charge on any atom is 0.00225 e. The van der Waals surface area contributed by atoms with Gasteiger partial charge in [-0.2, -0.15) is 12.6 Å². The molecule has 0 bridgehead atoms. The van der Waals surface area contributed by atoms with E-state index < -0.39 is 0 Å². The van der Waals surface area contributed by atoms with Gasteiger partial charge < -0.3 is 4.90 Å². The Morgan fingerprint density at radius 2 is 1.71 bits per heavy atom. The van der Waals surface area contributed by atoms with Crippen molar-refractivity contribution in [2.75, 3.05) is 25.4 Å². The molecule has 0 aromatic carbocycles. The van der Waals surface area contributed by atoms with Gasteiger partial charge in [0.15, 0.2) is 0 Å². The highest BCUT2D eigenvalue weighted by atomic mass is 32.1. The zero-order valence-electron chi connectivity index (χ0n) is 9.92. The first-order valence-corrected chi connectivity index (χ1v) is 6.50. The zero-order chi connectivity index (χ0) is 10.6. The van der Waals surface area contributed by atoms with Gasteiger partial charge in [0.25, 0.3) is 0 Å². The summed E-state index contributed by atoms with van der Waals surface area (Å²) in [6.45, 7) is 10.8. The second-order valence-electron chi connectivity index (χ2n) is 5.61. The number of nitrogens with zero attached hydrogens (tertiary/aromatic N) is 1. The third kappa shape index (κ3) is 3.82. The van der Waals surface area contributed by atoms with Gasteiger partial charge >= 0.3 is 0 Å². The molecule has 0 saturated carbocycles. The van der Waals surface area contributed by atoms with Crippen LogP contribution in [0.15, 0.2) is 0 Å². The van der Waals surface area contributed by atoms with Gasteiger partial charge in [0.1, 0.15) is 0 Å². The van der Waals surface area contributed by atoms with Crippen molar-refractivity contribution < 1.29 is 0 Å². The standard InChI is InChI=1S/C12H25NS/c1-12(2,3)11(10-14)9-13-7-5-4-6-8-13/h11,14H,4-10H2,1-3H3. The fraction of sp³-hybridized carbons (Fsp3) is 1.00. The molecule has 1 saturated heterocycles. The quantitative estimate of drug-likeness (QED) is 0.708. The number of hydrogen-bond acceptors (Lipinski definition) is 2. The summed E-state index contributed by atoms with van der Waals surface area (Å²) in [6, 6.07) is 0. The molecule has 0 aliphatic carbocycles. The molecule has 0 aromatic heterocycles. The van der Waals surface area contributed by atoms with Crippen LogP contribution in [0.1, 0.15) is 40.0 Å². The molecule has 1 atom stereocenters. The summed E-state index contributed by atoms with van der Waals surface area (Å²) in [5.74, 6) is 1.74. The molecule has 0 spiro atoms. The molecular weight excluding hydrogens is 190 g/mol. The molecule has 1 fully saturated rings. The molecule has 1 aliphatic heterocycles. The molecule has 14 heavy (non-hydrogen) atoms. The van der Waals surface area contributed by atoms with Crippen LogP contribution in [0.25, 0.3) is 0 Å². The van der Waals surface area contributed by atoms with Gasteiger partial charge in [-0.25, -0.2) is 0 Å². The molecular formula is C12H25NS. The van der Waals surface area contributed by atoms with Crippen molar-refractivity contribution in [3.8, 4) is 0 Å². The minimum Gasteiger partial charge on any atom is -0.303 e. The average molecular weight is 215 g/mol. The van der Waals surface area contributed by atoms with E-state index in [2.05, 4.69) is 38.3 Å². The van der Waals surface area contributed by atoms with E-state index in [-0.39, 0.29) is 0 Å². The maximum atomic E-state index is 4.48. The highest BCUT2D eigenvalue weighted by molar-refractivity contribution is 7.80. The van der Waals surface area contributed by atoms with E-state index in [1.165, 1.54) is 38.9 Å². The third-order valence-electron chi connectivity index (χ3n) is 3.37. The van der Waals surface area contributed by atoms with Gasteiger partial charge in [-0.1, -0.05) is 27.2 Å². The molecule has 1 nitrogen and oxygen atoms in total. The summed E-state index contributed by atoms with van der Waals surface area (Å²) >= 11 is 4.48. The molecule has 0 aromatic rings. The smallest absolute Gasteiger partial charge is 0.00225 e. The van der Waals surface area contributed by atoms with Crippen LogP contribution in [0.3, 0.4) is 0 Å². The van der Waals surface area contributed by atoms with Gasteiger partial charge in [-0.15, -0.1) is 0 Å². The van der Waals surface area contributed by atoms with E-state index in [1.807, 2.05) is 0 Å². The van der Waals surface area contributed by atoms with Crippen LogP contribution in [-0.4, -0.2) is 30.3 Å². The summed E-state index contributed by atoms with van der Waals surface area (Å²) in [6.07, 6.45) is 4.21. The topological polar surface area (TPSA) is 3.24 Å². The van der Waals surface area contributed by atoms with Crippen LogP contribution < -0.4 is 0 Å². The fourth-order valence-electron chi connectivity index (χ4n) is 2.06. The lowest BCUT2D eigenvalue weighted by molar-refractivity contribution is 0.146. The molecule has 1 heterocycles. The van der Waals surface area contributed by atoms with Crippen molar-refractivity contribution in [3.63, 3.8) is 0 Å². The summed E-state index contributed by atoms with van der Waals surface area (Å²) in [5, 5.41) is 0. The van der Waals surface area contributed by atoms with Crippen molar-refractivity contribution in [3.05, 3.63) is 0 Å². The van der Waals surface area contributed by atoms with Crippen LogP contribution in [-0.2, 0) is 0 Å². The SMILES string of the molecule is CC(C)(C)C(CS)CN1CCCCC1. The van der Waals surface area contributed by atoms with Crippen molar-refractivity contribution in [1.82, 2.24) is 4.90 Å². The van der Waals surface area contributed by atoms with Gasteiger partial charge in [0, 0.05) is 6.54 Å². The van der Waals surface area contributed by atoms with Gasteiger partial charge in [-0.3, -0.25) is 0 Å². The van der Waals surface area contributed by atoms with Crippen LogP contribution in [0.4, 0.5) is 0 Å². The van der Waals surface area contributed by atoms with Crippen molar-refractivity contribution in [2.45, 2.75) is 40.0 Å². The normalized spacial score (nSPS) is 22.3. The predicted molar refractivity (Wildman–Crippen MR) is 67.1 cm³/mol. The number of thiol groups is 1. The molecule has 1 rings (SSSR count). The Hall–Kier alpha value is 0.310. The molecule has 0 radical (unpaired) electrons. The van der Waals surface area contributed by atoms with Crippen LogP contribution in [0.5, 0.6) is 0 Å². The maximum absolute atomic E-state index is 4.48. The Bertz CT molecular complexity index is 156. The first kappa shape index (κ1) is 12.4. The number of hydrogen-bond donors (Lipinski definition) is 1. The minimum atomic E-state index is 0.402. The van der Waals surface area contributed by atoms with E-state index in [0.29, 0.717) is 5.41 Å². The average Bonchev–Trinajstić information content (AvgIpc) is 2.14. The first-order chi connectivity index (χ1) is 6.54.